The molecule has 0 aromatic heterocycles. The fourth-order valence-electron chi connectivity index (χ4n) is 4.03. The van der Waals surface area contributed by atoms with Crippen LogP contribution in [0.1, 0.15) is 55.6 Å². The highest BCUT2D eigenvalue weighted by atomic mass is 16.2. The van der Waals surface area contributed by atoms with Crippen molar-refractivity contribution in [3.8, 4) is 0 Å². The van der Waals surface area contributed by atoms with Crippen LogP contribution in [-0.4, -0.2) is 48.8 Å². The second-order valence-electron chi connectivity index (χ2n) is 8.06. The number of ketones is 1. The maximum Gasteiger partial charge on any atom is 0.237 e. The lowest BCUT2D eigenvalue weighted by molar-refractivity contribution is -0.126. The van der Waals surface area contributed by atoms with E-state index in [0.717, 1.165) is 50.3 Å². The molecule has 1 fully saturated rings. The topological polar surface area (TPSA) is 52.7 Å². The summed E-state index contributed by atoms with van der Waals surface area (Å²) in [4.78, 5) is 29.0. The van der Waals surface area contributed by atoms with Crippen LogP contribution in [0.2, 0.25) is 0 Å². The lowest BCUT2D eigenvalue weighted by atomic mass is 10.0. The number of nitrogens with one attached hydrogen (secondary N) is 1. The van der Waals surface area contributed by atoms with Crippen LogP contribution in [-0.2, 0) is 4.79 Å². The van der Waals surface area contributed by atoms with E-state index >= 15 is 0 Å². The minimum Gasteiger partial charge on any atom is -0.369 e. The van der Waals surface area contributed by atoms with Gasteiger partial charge in [0.05, 0.1) is 12.1 Å². The van der Waals surface area contributed by atoms with Gasteiger partial charge in [-0.25, -0.2) is 0 Å². The van der Waals surface area contributed by atoms with Gasteiger partial charge >= 0.3 is 0 Å². The zero-order valence-corrected chi connectivity index (χ0v) is 18.3. The molecule has 1 heterocycles. The summed E-state index contributed by atoms with van der Waals surface area (Å²) in [5.41, 5.74) is 3.03. The van der Waals surface area contributed by atoms with Gasteiger partial charge < -0.3 is 10.2 Å². The molecule has 3 rings (SSSR count). The maximum absolute atomic E-state index is 13.0. The fraction of sp³-hybridized carbons (Fsp3) is 0.440. The van der Waals surface area contributed by atoms with Crippen LogP contribution in [0.25, 0.3) is 0 Å². The number of carbonyl (C=O) groups is 2. The van der Waals surface area contributed by atoms with Crippen LogP contribution in [0.15, 0.2) is 54.6 Å². The van der Waals surface area contributed by atoms with Crippen molar-refractivity contribution in [2.45, 2.75) is 45.7 Å². The number of rotatable bonds is 8. The largest absolute Gasteiger partial charge is 0.369 e. The summed E-state index contributed by atoms with van der Waals surface area (Å²) >= 11 is 0. The van der Waals surface area contributed by atoms with E-state index in [1.807, 2.05) is 49.4 Å². The van der Waals surface area contributed by atoms with Gasteiger partial charge in [-0.2, -0.15) is 0 Å². The van der Waals surface area contributed by atoms with Crippen LogP contribution >= 0.6 is 0 Å². The van der Waals surface area contributed by atoms with Gasteiger partial charge in [0.1, 0.15) is 0 Å². The molecule has 2 aromatic rings. The second kappa shape index (κ2) is 10.4. The van der Waals surface area contributed by atoms with Crippen molar-refractivity contribution >= 4 is 17.4 Å². The lowest BCUT2D eigenvalue weighted by Crippen LogP contribution is -2.54. The van der Waals surface area contributed by atoms with Crippen molar-refractivity contribution in [2.75, 3.05) is 31.1 Å². The highest BCUT2D eigenvalue weighted by molar-refractivity contribution is 5.94. The van der Waals surface area contributed by atoms with E-state index in [0.29, 0.717) is 0 Å². The zero-order chi connectivity index (χ0) is 21.5. The van der Waals surface area contributed by atoms with Crippen LogP contribution in [0.5, 0.6) is 0 Å². The molecule has 5 nitrogen and oxygen atoms in total. The molecule has 1 amide bonds. The maximum atomic E-state index is 13.0. The molecule has 2 atom stereocenters. The molecule has 1 aliphatic heterocycles. The number of anilines is 1. The molecule has 160 valence electrons. The summed E-state index contributed by atoms with van der Waals surface area (Å²) in [5, 5.41) is 3.26. The number of carbonyl (C=O) groups excluding carboxylic acids is 2. The fourth-order valence-corrected chi connectivity index (χ4v) is 4.03. The van der Waals surface area contributed by atoms with Crippen molar-refractivity contribution < 1.29 is 9.59 Å². The Labute approximate surface area is 180 Å². The summed E-state index contributed by atoms with van der Waals surface area (Å²) in [7, 11) is 0. The summed E-state index contributed by atoms with van der Waals surface area (Å²) in [6.07, 6.45) is 1.96. The molecule has 1 N–H and O–H groups in total. The van der Waals surface area contributed by atoms with Crippen LogP contribution < -0.4 is 10.2 Å². The Kier molecular flexibility index (Phi) is 7.63. The molecule has 0 spiro atoms. The van der Waals surface area contributed by atoms with Crippen molar-refractivity contribution in [1.29, 1.82) is 0 Å². The van der Waals surface area contributed by atoms with Crippen molar-refractivity contribution in [3.05, 3.63) is 65.7 Å². The van der Waals surface area contributed by atoms with Crippen LogP contribution in [0, 0.1) is 0 Å². The number of hydrogen-bond acceptors (Lipinski definition) is 4. The number of Topliss-reactive ketones (excluding diaryl/α,β-unsaturated/α-hetero) is 1. The van der Waals surface area contributed by atoms with E-state index in [1.165, 1.54) is 5.56 Å². The van der Waals surface area contributed by atoms with E-state index < -0.39 is 0 Å². The first-order chi connectivity index (χ1) is 14.5. The molecule has 30 heavy (non-hydrogen) atoms. The van der Waals surface area contributed by atoms with E-state index in [-0.39, 0.29) is 23.8 Å². The average Bonchev–Trinajstić information content (AvgIpc) is 2.79. The molecular formula is C25H33N3O2. The van der Waals surface area contributed by atoms with Gasteiger partial charge in [-0.05, 0) is 50.1 Å². The molecule has 0 bridgehead atoms. The molecule has 0 radical (unpaired) electrons. The molecular weight excluding hydrogens is 374 g/mol. The third kappa shape index (κ3) is 5.48. The van der Waals surface area contributed by atoms with E-state index in [4.69, 9.17) is 0 Å². The number of piperazine rings is 1. The lowest BCUT2D eigenvalue weighted by Gasteiger charge is -2.39. The van der Waals surface area contributed by atoms with Gasteiger partial charge in [0.25, 0.3) is 0 Å². The third-order valence-electron chi connectivity index (χ3n) is 5.98. The summed E-state index contributed by atoms with van der Waals surface area (Å²) in [5.74, 6) is 0.180. The predicted octanol–water partition coefficient (Wildman–Crippen LogP) is 4.06. The average molecular weight is 408 g/mol. The Bertz CT molecular complexity index is 827. The van der Waals surface area contributed by atoms with E-state index in [2.05, 4.69) is 34.2 Å². The van der Waals surface area contributed by atoms with Gasteiger partial charge in [-0.15, -0.1) is 0 Å². The number of benzene rings is 2. The van der Waals surface area contributed by atoms with E-state index in [1.54, 1.807) is 6.92 Å². The highest BCUT2D eigenvalue weighted by Gasteiger charge is 2.27. The highest BCUT2D eigenvalue weighted by Crippen LogP contribution is 2.21. The van der Waals surface area contributed by atoms with Crippen LogP contribution in [0.3, 0.4) is 0 Å². The Morgan fingerprint density at radius 3 is 2.17 bits per heavy atom. The molecule has 2 aromatic carbocycles. The van der Waals surface area contributed by atoms with Gasteiger partial charge in [0.15, 0.2) is 5.78 Å². The molecule has 1 aliphatic rings. The van der Waals surface area contributed by atoms with Gasteiger partial charge in [-0.1, -0.05) is 43.7 Å². The first-order valence-electron chi connectivity index (χ1n) is 10.9. The Balaban J connectivity index is 1.55. The Morgan fingerprint density at radius 2 is 1.60 bits per heavy atom. The summed E-state index contributed by atoms with van der Waals surface area (Å²) in [6.45, 7) is 9.15. The monoisotopic (exact) mass is 407 g/mol. The standard InChI is InChI=1S/C25H33N3O2/c1-4-8-24(22-9-6-5-7-10-22)26-25(30)19(2)27-15-17-28(18-16-27)23-13-11-21(12-14-23)20(3)29/h5-7,9-14,19,24H,4,8,15-18H2,1-3H3,(H,26,30)/t19-,24-/m0/s1. The first kappa shape index (κ1) is 22.0. The Morgan fingerprint density at radius 1 is 0.967 bits per heavy atom. The Hall–Kier alpha value is -2.66. The minimum absolute atomic E-state index is 0.0622. The third-order valence-corrected chi connectivity index (χ3v) is 5.98. The smallest absolute Gasteiger partial charge is 0.237 e. The number of nitrogens with zero attached hydrogens (tertiary/aromatic N) is 2. The molecule has 1 saturated heterocycles. The van der Waals surface area contributed by atoms with Crippen molar-refractivity contribution in [3.63, 3.8) is 0 Å². The van der Waals surface area contributed by atoms with E-state index in [9.17, 15) is 9.59 Å². The summed E-state index contributed by atoms with van der Waals surface area (Å²) < 4.78 is 0. The number of hydrogen-bond donors (Lipinski definition) is 1. The molecule has 5 heteroatoms. The quantitative estimate of drug-likeness (QED) is 0.671. The minimum atomic E-state index is -0.157. The van der Waals surface area contributed by atoms with Crippen LogP contribution in [0.4, 0.5) is 5.69 Å². The molecule has 0 unspecified atom stereocenters. The van der Waals surface area contributed by atoms with Gasteiger partial charge in [0, 0.05) is 37.4 Å². The number of amides is 1. The normalized spacial score (nSPS) is 16.7. The first-order valence-corrected chi connectivity index (χ1v) is 10.9. The zero-order valence-electron chi connectivity index (χ0n) is 18.3. The summed E-state index contributed by atoms with van der Waals surface area (Å²) in [6, 6.07) is 17.9. The van der Waals surface area contributed by atoms with Gasteiger partial charge in [-0.3, -0.25) is 14.5 Å². The van der Waals surface area contributed by atoms with Crippen molar-refractivity contribution in [2.24, 2.45) is 0 Å². The SMILES string of the molecule is CCC[C@H](NC(=O)[C@H](C)N1CCN(c2ccc(C(C)=O)cc2)CC1)c1ccccc1. The second-order valence-corrected chi connectivity index (χ2v) is 8.06. The van der Waals surface area contributed by atoms with Gasteiger partial charge in [0.2, 0.25) is 5.91 Å². The predicted molar refractivity (Wildman–Crippen MR) is 122 cm³/mol. The molecule has 0 saturated carbocycles. The molecule has 0 aliphatic carbocycles. The van der Waals surface area contributed by atoms with Crippen molar-refractivity contribution in [1.82, 2.24) is 10.2 Å².